The van der Waals surface area contributed by atoms with Crippen LogP contribution in [0.4, 0.5) is 8.78 Å². The van der Waals surface area contributed by atoms with Crippen molar-refractivity contribution in [3.05, 3.63) is 0 Å². The molecule has 1 aliphatic heterocycles. The predicted molar refractivity (Wildman–Crippen MR) is 51.3 cm³/mol. The van der Waals surface area contributed by atoms with Crippen LogP contribution in [0.5, 0.6) is 0 Å². The molecular weight excluding hydrogens is 188 g/mol. The molecule has 0 amide bonds. The van der Waals surface area contributed by atoms with Crippen molar-refractivity contribution in [3.63, 3.8) is 0 Å². The van der Waals surface area contributed by atoms with Gasteiger partial charge in [-0.2, -0.15) is 0 Å². The molecule has 0 bridgehead atoms. The fourth-order valence-corrected chi connectivity index (χ4v) is 1.75. The monoisotopic (exact) mass is 207 g/mol. The summed E-state index contributed by atoms with van der Waals surface area (Å²) in [5.74, 6) is -3.26. The lowest BCUT2D eigenvalue weighted by atomic mass is 9.75. The maximum atomic E-state index is 14.0. The fourth-order valence-electron chi connectivity index (χ4n) is 1.75. The Balaban J connectivity index is 2.71. The highest BCUT2D eigenvalue weighted by molar-refractivity contribution is 4.92. The first-order valence-electron chi connectivity index (χ1n) is 5.07. The second kappa shape index (κ2) is 4.11. The molecule has 0 aliphatic carbocycles. The van der Waals surface area contributed by atoms with Gasteiger partial charge < -0.3 is 10.5 Å². The Hall–Kier alpha value is -0.220. The molecule has 14 heavy (non-hydrogen) atoms. The number of halogens is 2. The summed E-state index contributed by atoms with van der Waals surface area (Å²) in [5.41, 5.74) is 4.27. The third-order valence-electron chi connectivity index (χ3n) is 3.15. The van der Waals surface area contributed by atoms with Gasteiger partial charge in [-0.15, -0.1) is 0 Å². The molecule has 4 heteroatoms. The van der Waals surface area contributed by atoms with Crippen molar-refractivity contribution < 1.29 is 13.5 Å². The summed E-state index contributed by atoms with van der Waals surface area (Å²) in [5, 5.41) is 0. The maximum Gasteiger partial charge on any atom is 0.257 e. The Morgan fingerprint density at radius 2 is 1.79 bits per heavy atom. The van der Waals surface area contributed by atoms with Gasteiger partial charge in [-0.1, -0.05) is 13.8 Å². The summed E-state index contributed by atoms with van der Waals surface area (Å²) < 4.78 is 33.0. The lowest BCUT2D eigenvalue weighted by Gasteiger charge is -2.40. The molecule has 0 radical (unpaired) electrons. The second-order valence-corrected chi connectivity index (χ2v) is 4.60. The van der Waals surface area contributed by atoms with E-state index < -0.39 is 17.3 Å². The van der Waals surface area contributed by atoms with Gasteiger partial charge in [-0.05, 0) is 12.8 Å². The highest BCUT2D eigenvalue weighted by atomic mass is 19.3. The van der Waals surface area contributed by atoms with Gasteiger partial charge in [-0.25, -0.2) is 8.78 Å². The Kier molecular flexibility index (Phi) is 3.48. The smallest absolute Gasteiger partial charge is 0.257 e. The molecule has 1 fully saturated rings. The van der Waals surface area contributed by atoms with E-state index in [1.807, 2.05) is 0 Å². The molecule has 0 aromatic rings. The first-order chi connectivity index (χ1) is 6.42. The summed E-state index contributed by atoms with van der Waals surface area (Å²) in [7, 11) is 0. The molecule has 0 unspecified atom stereocenters. The highest BCUT2D eigenvalue weighted by Gasteiger charge is 2.51. The van der Waals surface area contributed by atoms with Gasteiger partial charge in [0.2, 0.25) is 0 Å². The molecule has 0 atom stereocenters. The van der Waals surface area contributed by atoms with Gasteiger partial charge in [0.1, 0.15) is 0 Å². The Morgan fingerprint density at radius 1 is 1.29 bits per heavy atom. The van der Waals surface area contributed by atoms with Crippen LogP contribution in [0.15, 0.2) is 0 Å². The van der Waals surface area contributed by atoms with E-state index in [-0.39, 0.29) is 6.54 Å². The number of ether oxygens (including phenoxy) is 1. The minimum atomic E-state index is -2.69. The molecule has 1 heterocycles. The van der Waals surface area contributed by atoms with Gasteiger partial charge in [0, 0.05) is 31.1 Å². The van der Waals surface area contributed by atoms with Crippen LogP contribution in [0, 0.1) is 11.3 Å². The molecule has 1 aliphatic rings. The molecule has 0 spiro atoms. The second-order valence-electron chi connectivity index (χ2n) is 4.60. The zero-order chi connectivity index (χ0) is 10.8. The third kappa shape index (κ3) is 2.06. The minimum absolute atomic E-state index is 0.0113. The predicted octanol–water partition coefficient (Wildman–Crippen LogP) is 2.03. The van der Waals surface area contributed by atoms with Crippen molar-refractivity contribution in [1.82, 2.24) is 0 Å². The molecular formula is C10H19F2NO. The molecule has 0 saturated carbocycles. The Morgan fingerprint density at radius 3 is 2.21 bits per heavy atom. The van der Waals surface area contributed by atoms with Gasteiger partial charge in [0.05, 0.1) is 0 Å². The molecule has 0 aromatic carbocycles. The number of alkyl halides is 2. The molecule has 1 rings (SSSR count). The Bertz CT molecular complexity index is 189. The number of rotatable bonds is 3. The Labute approximate surface area is 83.8 Å². The van der Waals surface area contributed by atoms with E-state index >= 15 is 0 Å². The van der Waals surface area contributed by atoms with Crippen molar-refractivity contribution in [2.24, 2.45) is 17.1 Å². The molecule has 84 valence electrons. The quantitative estimate of drug-likeness (QED) is 0.768. The van der Waals surface area contributed by atoms with Crippen LogP contribution in [-0.2, 0) is 4.74 Å². The first kappa shape index (κ1) is 11.9. The average Bonchev–Trinajstić information content (AvgIpc) is 2.19. The molecule has 0 aromatic heterocycles. The molecule has 1 saturated heterocycles. The van der Waals surface area contributed by atoms with Crippen molar-refractivity contribution in [1.29, 1.82) is 0 Å². The zero-order valence-electron chi connectivity index (χ0n) is 8.85. The van der Waals surface area contributed by atoms with Gasteiger partial charge in [0.15, 0.2) is 0 Å². The number of nitrogens with two attached hydrogens (primary N) is 1. The lowest BCUT2D eigenvalue weighted by Crippen LogP contribution is -2.49. The summed E-state index contributed by atoms with van der Waals surface area (Å²) in [6.07, 6.45) is 0.882. The van der Waals surface area contributed by atoms with E-state index in [0.717, 1.165) is 0 Å². The minimum Gasteiger partial charge on any atom is -0.381 e. The van der Waals surface area contributed by atoms with Crippen LogP contribution in [-0.4, -0.2) is 25.7 Å². The summed E-state index contributed by atoms with van der Waals surface area (Å²) >= 11 is 0. The van der Waals surface area contributed by atoms with Crippen molar-refractivity contribution in [3.8, 4) is 0 Å². The van der Waals surface area contributed by atoms with E-state index in [1.165, 1.54) is 13.8 Å². The van der Waals surface area contributed by atoms with Crippen LogP contribution in [0.2, 0.25) is 0 Å². The standard InChI is InChI=1S/C10H19F2NO/c1-9(2,7-13)10(11,12)8-3-5-14-6-4-8/h8H,3-7,13H2,1-2H3. The van der Waals surface area contributed by atoms with Crippen LogP contribution < -0.4 is 5.73 Å². The highest BCUT2D eigenvalue weighted by Crippen LogP contribution is 2.44. The first-order valence-corrected chi connectivity index (χ1v) is 5.07. The van der Waals surface area contributed by atoms with Crippen molar-refractivity contribution in [2.45, 2.75) is 32.6 Å². The van der Waals surface area contributed by atoms with Crippen molar-refractivity contribution in [2.75, 3.05) is 19.8 Å². The van der Waals surface area contributed by atoms with E-state index in [0.29, 0.717) is 26.1 Å². The largest absolute Gasteiger partial charge is 0.381 e. The van der Waals surface area contributed by atoms with Crippen LogP contribution in [0.25, 0.3) is 0 Å². The third-order valence-corrected chi connectivity index (χ3v) is 3.15. The topological polar surface area (TPSA) is 35.2 Å². The molecule has 2 N–H and O–H groups in total. The lowest BCUT2D eigenvalue weighted by molar-refractivity contribution is -0.166. The zero-order valence-corrected chi connectivity index (χ0v) is 8.85. The summed E-state index contributed by atoms with van der Waals surface area (Å²) in [4.78, 5) is 0. The van der Waals surface area contributed by atoms with E-state index in [2.05, 4.69) is 0 Å². The fraction of sp³-hybridized carbons (Fsp3) is 1.00. The molecule has 2 nitrogen and oxygen atoms in total. The summed E-state index contributed by atoms with van der Waals surface area (Å²) in [6.45, 7) is 3.96. The SMILES string of the molecule is CC(C)(CN)C(F)(F)C1CCOCC1. The normalized spacial score (nSPS) is 21.2. The average molecular weight is 207 g/mol. The number of hydrogen-bond donors (Lipinski definition) is 1. The van der Waals surface area contributed by atoms with Gasteiger partial charge in [-0.3, -0.25) is 0 Å². The van der Waals surface area contributed by atoms with Crippen molar-refractivity contribution >= 4 is 0 Å². The van der Waals surface area contributed by atoms with E-state index in [4.69, 9.17) is 10.5 Å². The maximum absolute atomic E-state index is 14.0. The van der Waals surface area contributed by atoms with Crippen LogP contribution in [0.3, 0.4) is 0 Å². The van der Waals surface area contributed by atoms with Gasteiger partial charge in [0.25, 0.3) is 5.92 Å². The van der Waals surface area contributed by atoms with E-state index in [9.17, 15) is 8.78 Å². The van der Waals surface area contributed by atoms with Crippen LogP contribution >= 0.6 is 0 Å². The van der Waals surface area contributed by atoms with Gasteiger partial charge >= 0.3 is 0 Å². The summed E-state index contributed by atoms with van der Waals surface area (Å²) in [6, 6.07) is 0. The number of hydrogen-bond acceptors (Lipinski definition) is 2. The van der Waals surface area contributed by atoms with Crippen LogP contribution in [0.1, 0.15) is 26.7 Å². The van der Waals surface area contributed by atoms with E-state index in [1.54, 1.807) is 0 Å².